The van der Waals surface area contributed by atoms with Crippen molar-refractivity contribution >= 4 is 33.1 Å². The number of aromatic nitrogens is 2. The van der Waals surface area contributed by atoms with Gasteiger partial charge in [0.25, 0.3) is 10.0 Å². The van der Waals surface area contributed by atoms with Crippen LogP contribution in [0.3, 0.4) is 0 Å². The van der Waals surface area contributed by atoms with Gasteiger partial charge in [0, 0.05) is 25.5 Å². The first-order chi connectivity index (χ1) is 13.0. The van der Waals surface area contributed by atoms with Gasteiger partial charge in [0.1, 0.15) is 4.21 Å². The third kappa shape index (κ3) is 3.49. The molecule has 0 aliphatic carbocycles. The van der Waals surface area contributed by atoms with Crippen molar-refractivity contribution in [3.05, 3.63) is 35.6 Å². The van der Waals surface area contributed by atoms with E-state index in [0.29, 0.717) is 29.5 Å². The fourth-order valence-corrected chi connectivity index (χ4v) is 6.94. The second-order valence-corrected chi connectivity index (χ2v) is 9.75. The standard InChI is InChI=1S/C17H20N4O4S2/c1-11-3-7-26-17(11)27(23,24)21-10-12(8-14-13(21)2-6-25-14)16(22)20-15-9-18-4-5-19-15/h3-5,7,9,12-14H,2,6,8,10H2,1H3,(H,19,20,22)/t12-,13+,14+/m0/s1. The van der Waals surface area contributed by atoms with Crippen LogP contribution >= 0.6 is 11.3 Å². The third-order valence-electron chi connectivity index (χ3n) is 5.01. The molecule has 1 N–H and O–H groups in total. The van der Waals surface area contributed by atoms with Gasteiger partial charge in [0.15, 0.2) is 5.82 Å². The molecule has 8 nitrogen and oxygen atoms in total. The Kier molecular flexibility index (Phi) is 4.97. The lowest BCUT2D eigenvalue weighted by Gasteiger charge is -2.39. The molecule has 2 aliphatic rings. The van der Waals surface area contributed by atoms with Crippen molar-refractivity contribution in [2.45, 2.75) is 36.1 Å². The van der Waals surface area contributed by atoms with Crippen molar-refractivity contribution in [2.24, 2.45) is 5.92 Å². The van der Waals surface area contributed by atoms with E-state index in [4.69, 9.17) is 4.74 Å². The Morgan fingerprint density at radius 3 is 2.96 bits per heavy atom. The molecule has 0 unspecified atom stereocenters. The van der Waals surface area contributed by atoms with Crippen LogP contribution in [0.15, 0.2) is 34.2 Å². The van der Waals surface area contributed by atoms with Gasteiger partial charge in [0.05, 0.1) is 24.3 Å². The van der Waals surface area contributed by atoms with Crippen molar-refractivity contribution < 1.29 is 17.9 Å². The lowest BCUT2D eigenvalue weighted by atomic mass is 9.91. The fraction of sp³-hybridized carbons (Fsp3) is 0.471. The number of ether oxygens (including phenoxy) is 1. The lowest BCUT2D eigenvalue weighted by molar-refractivity contribution is -0.123. The molecule has 0 radical (unpaired) electrons. The molecule has 4 heterocycles. The predicted molar refractivity (Wildman–Crippen MR) is 99.9 cm³/mol. The van der Waals surface area contributed by atoms with E-state index in [2.05, 4.69) is 15.3 Å². The molecule has 2 aromatic heterocycles. The second-order valence-electron chi connectivity index (χ2n) is 6.74. The summed E-state index contributed by atoms with van der Waals surface area (Å²) in [6.45, 7) is 2.42. The molecule has 2 fully saturated rings. The first-order valence-electron chi connectivity index (χ1n) is 8.71. The summed E-state index contributed by atoms with van der Waals surface area (Å²) < 4.78 is 34.1. The molecule has 2 saturated heterocycles. The number of fused-ring (bicyclic) bond motifs is 1. The molecule has 2 aromatic rings. The molecule has 4 rings (SSSR count). The Balaban J connectivity index is 1.60. The molecule has 2 aliphatic heterocycles. The lowest BCUT2D eigenvalue weighted by Crippen LogP contribution is -2.54. The molecular formula is C17H20N4O4S2. The zero-order chi connectivity index (χ0) is 19.0. The summed E-state index contributed by atoms with van der Waals surface area (Å²) in [4.78, 5) is 20.7. The number of nitrogens with one attached hydrogen (secondary N) is 1. The summed E-state index contributed by atoms with van der Waals surface area (Å²) >= 11 is 1.21. The number of nitrogens with zero attached hydrogens (tertiary/aromatic N) is 3. The summed E-state index contributed by atoms with van der Waals surface area (Å²) in [5.41, 5.74) is 0.724. The minimum absolute atomic E-state index is 0.135. The number of hydrogen-bond donors (Lipinski definition) is 1. The van der Waals surface area contributed by atoms with Crippen LogP contribution in [0.5, 0.6) is 0 Å². The van der Waals surface area contributed by atoms with Crippen LogP contribution in [0, 0.1) is 12.8 Å². The third-order valence-corrected chi connectivity index (χ3v) is 8.56. The maximum Gasteiger partial charge on any atom is 0.253 e. The second kappa shape index (κ2) is 7.27. The topological polar surface area (TPSA) is 101 Å². The largest absolute Gasteiger partial charge is 0.376 e. The van der Waals surface area contributed by atoms with E-state index in [1.54, 1.807) is 18.4 Å². The minimum Gasteiger partial charge on any atom is -0.376 e. The Labute approximate surface area is 161 Å². The highest BCUT2D eigenvalue weighted by Crippen LogP contribution is 2.37. The van der Waals surface area contributed by atoms with Gasteiger partial charge in [0.2, 0.25) is 5.91 Å². The van der Waals surface area contributed by atoms with Gasteiger partial charge in [-0.15, -0.1) is 11.3 Å². The normalized spacial score (nSPS) is 25.9. The van der Waals surface area contributed by atoms with Gasteiger partial charge in [-0.1, -0.05) is 0 Å². The van der Waals surface area contributed by atoms with Crippen LogP contribution in [0.4, 0.5) is 5.82 Å². The molecule has 10 heteroatoms. The molecular weight excluding hydrogens is 388 g/mol. The van der Waals surface area contributed by atoms with Crippen molar-refractivity contribution in [1.29, 1.82) is 0 Å². The summed E-state index contributed by atoms with van der Waals surface area (Å²) in [7, 11) is -3.68. The molecule has 0 saturated carbocycles. The number of thiophene rings is 1. The summed E-state index contributed by atoms with van der Waals surface area (Å²) in [5.74, 6) is -0.436. The van der Waals surface area contributed by atoms with Crippen LogP contribution in [0.2, 0.25) is 0 Å². The Hall–Kier alpha value is -1.88. The smallest absolute Gasteiger partial charge is 0.253 e. The number of piperidine rings is 1. The van der Waals surface area contributed by atoms with E-state index in [9.17, 15) is 13.2 Å². The Bertz CT molecular complexity index is 931. The molecule has 144 valence electrons. The van der Waals surface area contributed by atoms with E-state index in [1.165, 1.54) is 34.2 Å². The minimum atomic E-state index is -3.68. The Morgan fingerprint density at radius 1 is 1.41 bits per heavy atom. The summed E-state index contributed by atoms with van der Waals surface area (Å²) in [5, 5.41) is 4.49. The van der Waals surface area contributed by atoms with E-state index >= 15 is 0 Å². The van der Waals surface area contributed by atoms with Crippen molar-refractivity contribution in [2.75, 3.05) is 18.5 Å². The molecule has 27 heavy (non-hydrogen) atoms. The number of rotatable bonds is 4. The molecule has 0 aromatic carbocycles. The van der Waals surface area contributed by atoms with Gasteiger partial charge in [-0.2, -0.15) is 4.31 Å². The average molecular weight is 409 g/mol. The average Bonchev–Trinajstić information content (AvgIpc) is 3.30. The number of amides is 1. The van der Waals surface area contributed by atoms with Gasteiger partial charge >= 0.3 is 0 Å². The quantitative estimate of drug-likeness (QED) is 0.826. The number of sulfonamides is 1. The zero-order valence-corrected chi connectivity index (χ0v) is 16.4. The van der Waals surface area contributed by atoms with E-state index in [0.717, 1.165) is 5.56 Å². The molecule has 1 amide bonds. The number of aryl methyl sites for hydroxylation is 1. The number of carbonyl (C=O) groups excluding carboxylic acids is 1. The van der Waals surface area contributed by atoms with Gasteiger partial charge in [-0.25, -0.2) is 13.4 Å². The van der Waals surface area contributed by atoms with Crippen molar-refractivity contribution in [1.82, 2.24) is 14.3 Å². The van der Waals surface area contributed by atoms with Crippen LogP contribution in [-0.2, 0) is 19.6 Å². The van der Waals surface area contributed by atoms with E-state index in [-0.39, 0.29) is 24.6 Å². The van der Waals surface area contributed by atoms with Crippen molar-refractivity contribution in [3.8, 4) is 0 Å². The summed E-state index contributed by atoms with van der Waals surface area (Å²) in [6, 6.07) is 1.57. The number of anilines is 1. The maximum atomic E-state index is 13.3. The van der Waals surface area contributed by atoms with E-state index < -0.39 is 15.9 Å². The summed E-state index contributed by atoms with van der Waals surface area (Å²) in [6.07, 6.45) is 5.33. The first kappa shape index (κ1) is 18.5. The predicted octanol–water partition coefficient (Wildman–Crippen LogP) is 1.65. The Morgan fingerprint density at radius 2 is 2.26 bits per heavy atom. The monoisotopic (exact) mass is 408 g/mol. The zero-order valence-electron chi connectivity index (χ0n) is 14.7. The van der Waals surface area contributed by atoms with Gasteiger partial charge < -0.3 is 10.1 Å². The van der Waals surface area contributed by atoms with Gasteiger partial charge in [-0.05, 0) is 36.8 Å². The number of carbonyl (C=O) groups is 1. The first-order valence-corrected chi connectivity index (χ1v) is 11.0. The number of hydrogen-bond acceptors (Lipinski definition) is 7. The van der Waals surface area contributed by atoms with Crippen LogP contribution < -0.4 is 5.32 Å². The van der Waals surface area contributed by atoms with Crippen molar-refractivity contribution in [3.63, 3.8) is 0 Å². The van der Waals surface area contributed by atoms with Gasteiger partial charge in [-0.3, -0.25) is 9.78 Å². The molecule has 3 atom stereocenters. The van der Waals surface area contributed by atoms with E-state index in [1.807, 2.05) is 0 Å². The highest BCUT2D eigenvalue weighted by atomic mass is 32.2. The highest BCUT2D eigenvalue weighted by molar-refractivity contribution is 7.91. The highest BCUT2D eigenvalue weighted by Gasteiger charge is 2.47. The van der Waals surface area contributed by atoms with Crippen LogP contribution in [0.1, 0.15) is 18.4 Å². The fourth-order valence-electron chi connectivity index (χ4n) is 3.69. The SMILES string of the molecule is Cc1ccsc1S(=O)(=O)N1C[C@@H](C(=O)Nc2cnccn2)C[C@H]2OCC[C@H]21. The maximum absolute atomic E-state index is 13.3. The molecule has 0 bridgehead atoms. The molecule has 0 spiro atoms. The van der Waals surface area contributed by atoms with Crippen LogP contribution in [0.25, 0.3) is 0 Å². The van der Waals surface area contributed by atoms with Crippen LogP contribution in [-0.4, -0.2) is 53.9 Å².